The Labute approximate surface area is 204 Å². The molecule has 0 radical (unpaired) electrons. The van der Waals surface area contributed by atoms with Crippen molar-refractivity contribution in [3.8, 4) is 0 Å². The molecule has 1 aliphatic rings. The maximum atomic E-state index is 12.6. The van der Waals surface area contributed by atoms with E-state index in [9.17, 15) is 19.4 Å². The van der Waals surface area contributed by atoms with Crippen LogP contribution in [0.2, 0.25) is 16.6 Å². The zero-order chi connectivity index (χ0) is 25.7. The molecular weight excluding hydrogens is 493 g/mol. The number of rotatable bonds is 9. The van der Waals surface area contributed by atoms with Crippen molar-refractivity contribution in [2.24, 2.45) is 0 Å². The van der Waals surface area contributed by atoms with Crippen molar-refractivity contribution in [3.63, 3.8) is 0 Å². The molecule has 5 atom stereocenters. The third-order valence-electron chi connectivity index (χ3n) is 7.10. The summed E-state index contributed by atoms with van der Waals surface area (Å²) in [6.45, 7) is 12.3. The normalized spacial score (nSPS) is 24.5. The summed E-state index contributed by atoms with van der Waals surface area (Å²) in [5.74, 6) is 0.335. The summed E-state index contributed by atoms with van der Waals surface area (Å²) in [4.78, 5) is 33.5. The molecule has 0 aliphatic carbocycles. The number of aliphatic hydroxyl groups is 1. The Morgan fingerprint density at radius 1 is 1.17 bits per heavy atom. The second-order valence-electron chi connectivity index (χ2n) is 9.90. The van der Waals surface area contributed by atoms with Crippen molar-refractivity contribution in [2.75, 3.05) is 6.61 Å². The van der Waals surface area contributed by atoms with E-state index in [0.29, 0.717) is 11.4 Å². The Morgan fingerprint density at radius 2 is 1.83 bits per heavy atom. The van der Waals surface area contributed by atoms with E-state index in [-0.39, 0.29) is 22.1 Å². The molecule has 3 aromatic heterocycles. The summed E-state index contributed by atoms with van der Waals surface area (Å²) in [5.41, 5.74) is 0.844. The molecule has 1 aliphatic heterocycles. The van der Waals surface area contributed by atoms with E-state index >= 15 is 0 Å². The number of hydrogen-bond donors (Lipinski definition) is 3. The van der Waals surface area contributed by atoms with E-state index in [4.69, 9.17) is 13.7 Å². The van der Waals surface area contributed by atoms with Gasteiger partial charge in [0.2, 0.25) is 14.1 Å². The van der Waals surface area contributed by atoms with Gasteiger partial charge in [0.1, 0.15) is 18.3 Å². The van der Waals surface area contributed by atoms with Crippen LogP contribution in [0.25, 0.3) is 16.9 Å². The van der Waals surface area contributed by atoms with Crippen LogP contribution in [0.5, 0.6) is 0 Å². The molecule has 1 saturated heterocycles. The van der Waals surface area contributed by atoms with Gasteiger partial charge in [-0.2, -0.15) is 0 Å². The van der Waals surface area contributed by atoms with Crippen LogP contribution in [0.1, 0.15) is 47.8 Å². The van der Waals surface area contributed by atoms with E-state index in [1.54, 1.807) is 21.4 Å². The SMILES string of the molecule is CC(C)[Si](O[C@@H]1[C@H](O[PH](=O)O)[C@@H](CO)O[C@H]1n1cnc2c(=O)[nH]c3nccn3c21)(C(C)C)C(C)C. The number of ether oxygens (including phenoxy) is 1. The number of aromatic amines is 1. The van der Waals surface area contributed by atoms with E-state index in [0.717, 1.165) is 0 Å². The van der Waals surface area contributed by atoms with Gasteiger partial charge in [-0.05, 0) is 16.6 Å². The summed E-state index contributed by atoms with van der Waals surface area (Å²) in [6.07, 6.45) is 1.10. The van der Waals surface area contributed by atoms with E-state index in [2.05, 4.69) is 56.5 Å². The average molecular weight is 528 g/mol. The third-order valence-corrected chi connectivity index (χ3v) is 13.7. The number of aliphatic hydroxyl groups excluding tert-OH is 1. The topological polar surface area (TPSA) is 153 Å². The lowest BCUT2D eigenvalue weighted by atomic mass is 10.1. The van der Waals surface area contributed by atoms with E-state index < -0.39 is 53.3 Å². The van der Waals surface area contributed by atoms with Gasteiger partial charge in [0.05, 0.1) is 12.9 Å². The number of hydrogen-bond acceptors (Lipinski definition) is 8. The van der Waals surface area contributed by atoms with Crippen LogP contribution < -0.4 is 5.56 Å². The Hall–Kier alpha value is -1.86. The molecule has 4 rings (SSSR count). The van der Waals surface area contributed by atoms with Crippen LogP contribution in [-0.4, -0.2) is 67.2 Å². The molecule has 3 N–H and O–H groups in total. The fourth-order valence-electron chi connectivity index (χ4n) is 5.77. The minimum atomic E-state index is -3.37. The molecule has 0 amide bonds. The molecule has 3 aromatic rings. The van der Waals surface area contributed by atoms with Crippen molar-refractivity contribution in [1.29, 1.82) is 0 Å². The molecule has 1 unspecified atom stereocenters. The van der Waals surface area contributed by atoms with Gasteiger partial charge in [0, 0.05) is 12.4 Å². The lowest BCUT2D eigenvalue weighted by molar-refractivity contribution is -0.0491. The molecule has 1 fully saturated rings. The first kappa shape index (κ1) is 26.2. The molecule has 0 saturated carbocycles. The Bertz CT molecular complexity index is 1250. The highest BCUT2D eigenvalue weighted by atomic mass is 31.1. The molecule has 14 heteroatoms. The van der Waals surface area contributed by atoms with Crippen LogP contribution in [-0.2, 0) is 18.3 Å². The molecule has 35 heavy (non-hydrogen) atoms. The highest BCUT2D eigenvalue weighted by Crippen LogP contribution is 2.48. The lowest BCUT2D eigenvalue weighted by Gasteiger charge is -2.45. The Kier molecular flexibility index (Phi) is 7.40. The van der Waals surface area contributed by atoms with Gasteiger partial charge in [0.15, 0.2) is 17.4 Å². The summed E-state index contributed by atoms with van der Waals surface area (Å²) < 4.78 is 33.8. The fourth-order valence-corrected chi connectivity index (χ4v) is 11.8. The molecule has 0 bridgehead atoms. The molecular formula is C21H34N5O7PSi. The second-order valence-corrected chi connectivity index (χ2v) is 16.1. The van der Waals surface area contributed by atoms with Crippen molar-refractivity contribution >= 4 is 33.5 Å². The maximum Gasteiger partial charge on any atom is 0.317 e. The maximum absolute atomic E-state index is 12.6. The molecule has 4 heterocycles. The van der Waals surface area contributed by atoms with Crippen LogP contribution >= 0.6 is 8.25 Å². The average Bonchev–Trinajstić information content (AvgIpc) is 3.47. The fraction of sp³-hybridized carbons (Fsp3) is 0.667. The monoisotopic (exact) mass is 527 g/mol. The molecule has 12 nitrogen and oxygen atoms in total. The van der Waals surface area contributed by atoms with Crippen LogP contribution in [0.4, 0.5) is 0 Å². The summed E-state index contributed by atoms with van der Waals surface area (Å²) in [7, 11) is -5.91. The second kappa shape index (κ2) is 9.89. The van der Waals surface area contributed by atoms with Gasteiger partial charge in [0.25, 0.3) is 5.56 Å². The number of fused-ring (bicyclic) bond motifs is 3. The van der Waals surface area contributed by atoms with Gasteiger partial charge >= 0.3 is 8.25 Å². The summed E-state index contributed by atoms with van der Waals surface area (Å²) >= 11 is 0. The first-order valence-corrected chi connectivity index (χ1v) is 15.2. The summed E-state index contributed by atoms with van der Waals surface area (Å²) in [5, 5.41) is 10.1. The predicted molar refractivity (Wildman–Crippen MR) is 132 cm³/mol. The van der Waals surface area contributed by atoms with E-state index in [1.165, 1.54) is 6.33 Å². The van der Waals surface area contributed by atoms with Gasteiger partial charge in [-0.25, -0.2) is 9.97 Å². The standard InChI is InChI=1S/C21H34N5O7PSi/c1-11(2)35(12(3)4,13(5)6)33-17-16(32-34(29)30)14(9-27)31-20(17)26-10-23-15-18(28)24-21-22-7-8-25(21)19(15)26/h7-8,10-14,16-17,20,27,34H,9H2,1-6H3,(H,29,30)(H,22,24,28)/t14-,16-,17-,20-/m1/s1. The Morgan fingerprint density at radius 3 is 2.40 bits per heavy atom. The van der Waals surface area contributed by atoms with Gasteiger partial charge in [-0.3, -0.25) is 23.3 Å². The van der Waals surface area contributed by atoms with Crippen LogP contribution in [0, 0.1) is 0 Å². The number of aromatic nitrogens is 5. The first-order valence-electron chi connectivity index (χ1n) is 11.8. The molecule has 194 valence electrons. The predicted octanol–water partition coefficient (Wildman–Crippen LogP) is 2.59. The van der Waals surface area contributed by atoms with Crippen LogP contribution in [0.3, 0.4) is 0 Å². The van der Waals surface area contributed by atoms with Gasteiger partial charge in [-0.15, -0.1) is 0 Å². The van der Waals surface area contributed by atoms with Gasteiger partial charge in [-0.1, -0.05) is 41.5 Å². The minimum Gasteiger partial charge on any atom is -0.406 e. The van der Waals surface area contributed by atoms with Crippen molar-refractivity contribution in [3.05, 3.63) is 29.1 Å². The third kappa shape index (κ3) is 4.33. The van der Waals surface area contributed by atoms with E-state index in [1.807, 2.05) is 0 Å². The summed E-state index contributed by atoms with van der Waals surface area (Å²) in [6, 6.07) is 0. The lowest BCUT2D eigenvalue weighted by Crippen LogP contribution is -2.53. The van der Waals surface area contributed by atoms with Crippen molar-refractivity contribution in [2.45, 2.75) is 82.7 Å². The zero-order valence-corrected chi connectivity index (χ0v) is 22.7. The largest absolute Gasteiger partial charge is 0.406 e. The zero-order valence-electron chi connectivity index (χ0n) is 20.7. The van der Waals surface area contributed by atoms with Crippen molar-refractivity contribution in [1.82, 2.24) is 23.9 Å². The number of nitrogens with zero attached hydrogens (tertiary/aromatic N) is 4. The number of imidazole rings is 2. The minimum absolute atomic E-state index is 0.179. The molecule has 0 aromatic carbocycles. The van der Waals surface area contributed by atoms with Gasteiger partial charge < -0.3 is 23.7 Å². The highest BCUT2D eigenvalue weighted by Gasteiger charge is 2.55. The first-order chi connectivity index (χ1) is 16.5. The van der Waals surface area contributed by atoms with Crippen molar-refractivity contribution < 1.29 is 28.3 Å². The smallest absolute Gasteiger partial charge is 0.317 e. The number of nitrogens with one attached hydrogen (secondary N) is 1. The molecule has 0 spiro atoms. The highest BCUT2D eigenvalue weighted by molar-refractivity contribution is 7.32. The quantitative estimate of drug-likeness (QED) is 0.281. The Balaban J connectivity index is 1.91. The number of H-pyrrole nitrogens is 1. The van der Waals surface area contributed by atoms with Crippen LogP contribution in [0.15, 0.2) is 23.5 Å².